The van der Waals surface area contributed by atoms with E-state index in [0.717, 1.165) is 17.2 Å². The fourth-order valence-corrected chi connectivity index (χ4v) is 4.53. The third-order valence-electron chi connectivity index (χ3n) is 6.80. The van der Waals surface area contributed by atoms with E-state index in [1.807, 2.05) is 50.2 Å². The zero-order valence-electron chi connectivity index (χ0n) is 23.4. The summed E-state index contributed by atoms with van der Waals surface area (Å²) in [4.78, 5) is 42.9. The van der Waals surface area contributed by atoms with Crippen LogP contribution >= 0.6 is 0 Å². The molecule has 1 aromatic heterocycles. The lowest BCUT2D eigenvalue weighted by molar-refractivity contribution is -0.137. The van der Waals surface area contributed by atoms with Crippen LogP contribution in [0.4, 0.5) is 23.7 Å². The molecule has 0 aliphatic heterocycles. The summed E-state index contributed by atoms with van der Waals surface area (Å²) in [6.07, 6.45) is -2.10. The second-order valence-electron chi connectivity index (χ2n) is 10.1. The molecule has 0 saturated heterocycles. The van der Waals surface area contributed by atoms with Gasteiger partial charge in [0.1, 0.15) is 12.1 Å². The van der Waals surface area contributed by atoms with E-state index in [0.29, 0.717) is 23.8 Å². The van der Waals surface area contributed by atoms with Crippen molar-refractivity contribution >= 4 is 28.6 Å². The minimum atomic E-state index is -4.67. The molecular formula is C32H32F3N3O4. The van der Waals surface area contributed by atoms with Gasteiger partial charge in [-0.15, -0.1) is 0 Å². The van der Waals surface area contributed by atoms with Gasteiger partial charge in [0.15, 0.2) is 5.43 Å². The molecule has 0 aliphatic rings. The van der Waals surface area contributed by atoms with Gasteiger partial charge in [-0.2, -0.15) is 13.2 Å². The number of amides is 3. The van der Waals surface area contributed by atoms with Crippen LogP contribution in [0.15, 0.2) is 88.3 Å². The van der Waals surface area contributed by atoms with Crippen molar-refractivity contribution in [2.24, 2.45) is 0 Å². The van der Waals surface area contributed by atoms with E-state index in [4.69, 9.17) is 4.42 Å². The Morgan fingerprint density at radius 2 is 1.64 bits per heavy atom. The number of urea groups is 1. The first-order chi connectivity index (χ1) is 20.1. The van der Waals surface area contributed by atoms with Crippen molar-refractivity contribution in [1.82, 2.24) is 9.80 Å². The van der Waals surface area contributed by atoms with Gasteiger partial charge in [0.25, 0.3) is 0 Å². The topological polar surface area (TPSA) is 82.9 Å². The highest BCUT2D eigenvalue weighted by molar-refractivity contribution is 5.93. The fourth-order valence-electron chi connectivity index (χ4n) is 4.53. The van der Waals surface area contributed by atoms with Crippen molar-refractivity contribution in [1.29, 1.82) is 0 Å². The highest BCUT2D eigenvalue weighted by Gasteiger charge is 2.34. The van der Waals surface area contributed by atoms with Gasteiger partial charge in [0, 0.05) is 13.1 Å². The molecule has 0 bridgehead atoms. The molecule has 7 nitrogen and oxygen atoms in total. The maximum atomic E-state index is 13.7. The van der Waals surface area contributed by atoms with Crippen molar-refractivity contribution in [3.63, 3.8) is 0 Å². The molecule has 220 valence electrons. The largest absolute Gasteiger partial charge is 0.464 e. The molecule has 0 unspecified atom stereocenters. The van der Waals surface area contributed by atoms with Crippen molar-refractivity contribution in [3.8, 4) is 0 Å². The molecule has 0 aliphatic carbocycles. The van der Waals surface area contributed by atoms with Crippen LogP contribution in [0.1, 0.15) is 42.0 Å². The number of fused-ring (bicyclic) bond motifs is 1. The standard InChI is InChI=1S/C32H32F3N3O4/c1-3-4-16-37(31(41)36-27-13-9-8-12-26(27)32(33,34)35)20-29(39)38(18-23-10-6-5-7-11-23)19-24-21-42-28-15-14-22(2)17-25(28)30(24)40/h5-15,17,21H,3-4,16,18-20H2,1-2H3,(H,36,41). The van der Waals surface area contributed by atoms with Crippen LogP contribution in [0, 0.1) is 6.92 Å². The third kappa shape index (κ3) is 7.57. The van der Waals surface area contributed by atoms with Gasteiger partial charge < -0.3 is 19.5 Å². The minimum Gasteiger partial charge on any atom is -0.464 e. The summed E-state index contributed by atoms with van der Waals surface area (Å²) in [5.74, 6) is -0.474. The Labute approximate surface area is 241 Å². The Morgan fingerprint density at radius 3 is 2.36 bits per heavy atom. The second kappa shape index (κ2) is 13.4. The molecule has 0 saturated carbocycles. The Hall–Kier alpha value is -4.60. The lowest BCUT2D eigenvalue weighted by Crippen LogP contribution is -2.45. The molecule has 0 atom stereocenters. The number of carbonyl (C=O) groups is 2. The number of anilines is 1. The summed E-state index contributed by atoms with van der Waals surface area (Å²) in [5, 5.41) is 2.73. The van der Waals surface area contributed by atoms with Gasteiger partial charge >= 0.3 is 12.2 Å². The molecule has 1 N–H and O–H groups in total. The predicted molar refractivity (Wildman–Crippen MR) is 155 cm³/mol. The number of carbonyl (C=O) groups excluding carboxylic acids is 2. The van der Waals surface area contributed by atoms with Crippen molar-refractivity contribution < 1.29 is 27.2 Å². The first-order valence-electron chi connectivity index (χ1n) is 13.6. The number of unbranched alkanes of at least 4 members (excludes halogenated alkanes) is 1. The smallest absolute Gasteiger partial charge is 0.418 e. The van der Waals surface area contributed by atoms with Gasteiger partial charge in [0.2, 0.25) is 5.91 Å². The van der Waals surface area contributed by atoms with E-state index in [9.17, 15) is 27.6 Å². The van der Waals surface area contributed by atoms with Gasteiger partial charge in [-0.05, 0) is 43.2 Å². The number of benzene rings is 3. The highest BCUT2D eigenvalue weighted by Crippen LogP contribution is 2.34. The minimum absolute atomic E-state index is 0.0832. The number of para-hydroxylation sites is 1. The molecule has 0 radical (unpaired) electrons. The summed E-state index contributed by atoms with van der Waals surface area (Å²) < 4.78 is 46.3. The predicted octanol–water partition coefficient (Wildman–Crippen LogP) is 6.98. The van der Waals surface area contributed by atoms with E-state index < -0.39 is 35.9 Å². The van der Waals surface area contributed by atoms with E-state index in [-0.39, 0.29) is 30.6 Å². The quantitative estimate of drug-likeness (QED) is 0.220. The third-order valence-corrected chi connectivity index (χ3v) is 6.80. The molecular weight excluding hydrogens is 547 g/mol. The molecule has 0 fully saturated rings. The summed E-state index contributed by atoms with van der Waals surface area (Å²) in [7, 11) is 0. The number of rotatable bonds is 10. The van der Waals surface area contributed by atoms with Crippen LogP contribution in [0.5, 0.6) is 0 Å². The average Bonchev–Trinajstić information content (AvgIpc) is 2.96. The van der Waals surface area contributed by atoms with E-state index in [2.05, 4.69) is 5.32 Å². The summed E-state index contributed by atoms with van der Waals surface area (Å²) in [6.45, 7) is 3.58. The lowest BCUT2D eigenvalue weighted by atomic mass is 10.1. The molecule has 3 amide bonds. The molecule has 4 rings (SSSR count). The fraction of sp³-hybridized carbons (Fsp3) is 0.281. The Morgan fingerprint density at radius 1 is 0.929 bits per heavy atom. The van der Waals surface area contributed by atoms with Crippen LogP contribution in [0.2, 0.25) is 0 Å². The molecule has 0 spiro atoms. The highest BCUT2D eigenvalue weighted by atomic mass is 19.4. The number of aryl methyl sites for hydroxylation is 1. The Kier molecular flexibility index (Phi) is 9.67. The zero-order valence-corrected chi connectivity index (χ0v) is 23.4. The number of alkyl halides is 3. The monoisotopic (exact) mass is 579 g/mol. The Balaban J connectivity index is 1.61. The Bertz CT molecular complexity index is 1600. The zero-order chi connectivity index (χ0) is 30.3. The number of nitrogens with one attached hydrogen (secondary N) is 1. The summed E-state index contributed by atoms with van der Waals surface area (Å²) >= 11 is 0. The summed E-state index contributed by atoms with van der Waals surface area (Å²) in [6, 6.07) is 18.3. The molecule has 3 aromatic carbocycles. The molecule has 1 heterocycles. The van der Waals surface area contributed by atoms with Gasteiger partial charge in [-0.1, -0.05) is 67.4 Å². The maximum absolute atomic E-state index is 13.7. The van der Waals surface area contributed by atoms with E-state index >= 15 is 0 Å². The van der Waals surface area contributed by atoms with Crippen molar-refractivity contribution in [2.75, 3.05) is 18.4 Å². The van der Waals surface area contributed by atoms with Crippen LogP contribution in [-0.4, -0.2) is 34.8 Å². The first-order valence-corrected chi connectivity index (χ1v) is 13.6. The van der Waals surface area contributed by atoms with Gasteiger partial charge in [0.05, 0.1) is 35.0 Å². The van der Waals surface area contributed by atoms with Crippen LogP contribution < -0.4 is 10.7 Å². The van der Waals surface area contributed by atoms with Crippen LogP contribution in [0.25, 0.3) is 11.0 Å². The van der Waals surface area contributed by atoms with Crippen LogP contribution in [0.3, 0.4) is 0 Å². The SMILES string of the molecule is CCCCN(CC(=O)N(Cc1ccccc1)Cc1coc2ccc(C)cc2c1=O)C(=O)Nc1ccccc1C(F)(F)F. The maximum Gasteiger partial charge on any atom is 0.418 e. The van der Waals surface area contributed by atoms with Crippen molar-refractivity contribution in [3.05, 3.63) is 112 Å². The van der Waals surface area contributed by atoms with Gasteiger partial charge in [-0.25, -0.2) is 4.79 Å². The first kappa shape index (κ1) is 30.4. The van der Waals surface area contributed by atoms with Crippen LogP contribution in [-0.2, 0) is 24.1 Å². The second-order valence-corrected chi connectivity index (χ2v) is 10.1. The number of hydrogen-bond acceptors (Lipinski definition) is 4. The number of hydrogen-bond donors (Lipinski definition) is 1. The van der Waals surface area contributed by atoms with E-state index in [1.165, 1.54) is 34.3 Å². The normalized spacial score (nSPS) is 11.4. The lowest BCUT2D eigenvalue weighted by Gasteiger charge is -2.28. The van der Waals surface area contributed by atoms with Gasteiger partial charge in [-0.3, -0.25) is 9.59 Å². The summed E-state index contributed by atoms with van der Waals surface area (Å²) in [5.41, 5.74) is 0.732. The number of halogens is 3. The number of nitrogens with zero attached hydrogens (tertiary/aromatic N) is 2. The average molecular weight is 580 g/mol. The molecule has 10 heteroatoms. The van der Waals surface area contributed by atoms with Crippen molar-refractivity contribution in [2.45, 2.75) is 46.0 Å². The molecule has 4 aromatic rings. The van der Waals surface area contributed by atoms with E-state index in [1.54, 1.807) is 12.1 Å². The molecule has 42 heavy (non-hydrogen) atoms.